The fourth-order valence-corrected chi connectivity index (χ4v) is 5.03. The molecular weight excluding hydrogens is 396 g/mol. The highest BCUT2D eigenvalue weighted by molar-refractivity contribution is 7.22. The zero-order valence-corrected chi connectivity index (χ0v) is 18.0. The van der Waals surface area contributed by atoms with Gasteiger partial charge in [0.05, 0.1) is 16.6 Å². The van der Waals surface area contributed by atoms with Gasteiger partial charge in [-0.2, -0.15) is 0 Å². The molecule has 0 radical (unpaired) electrons. The Balaban J connectivity index is 1.25. The van der Waals surface area contributed by atoms with E-state index in [9.17, 15) is 4.79 Å². The van der Waals surface area contributed by atoms with Gasteiger partial charge in [-0.3, -0.25) is 4.79 Å². The van der Waals surface area contributed by atoms with Crippen molar-refractivity contribution in [3.05, 3.63) is 53.2 Å². The van der Waals surface area contributed by atoms with Crippen LogP contribution in [0, 0.1) is 6.92 Å². The second-order valence-corrected chi connectivity index (χ2v) is 8.83. The Morgan fingerprint density at radius 2 is 1.97 bits per heavy atom. The molecule has 6 nitrogen and oxygen atoms in total. The van der Waals surface area contributed by atoms with Crippen LogP contribution in [0.1, 0.15) is 23.7 Å². The van der Waals surface area contributed by atoms with Gasteiger partial charge in [0.2, 0.25) is 5.91 Å². The van der Waals surface area contributed by atoms with Crippen molar-refractivity contribution < 1.29 is 9.32 Å². The zero-order chi connectivity index (χ0) is 20.7. The van der Waals surface area contributed by atoms with E-state index in [2.05, 4.69) is 35.2 Å². The van der Waals surface area contributed by atoms with Crippen LogP contribution in [0.5, 0.6) is 0 Å². The smallest absolute Gasteiger partial charge is 0.228 e. The van der Waals surface area contributed by atoms with Gasteiger partial charge in [-0.25, -0.2) is 4.98 Å². The Kier molecular flexibility index (Phi) is 4.90. The monoisotopic (exact) mass is 420 g/mol. The Labute approximate surface area is 179 Å². The van der Waals surface area contributed by atoms with Gasteiger partial charge in [-0.1, -0.05) is 41.1 Å². The number of carbonyl (C=O) groups is 1. The Bertz CT molecular complexity index is 1220. The van der Waals surface area contributed by atoms with E-state index in [0.29, 0.717) is 13.1 Å². The number of carbonyl (C=O) groups excluding carboxylic acids is 1. The minimum Gasteiger partial charge on any atom is -0.356 e. The molecule has 0 unspecified atom stereocenters. The van der Waals surface area contributed by atoms with E-state index in [-0.39, 0.29) is 12.3 Å². The summed E-state index contributed by atoms with van der Waals surface area (Å²) in [6.45, 7) is 7.19. The first-order chi connectivity index (χ1) is 14.6. The van der Waals surface area contributed by atoms with E-state index < -0.39 is 0 Å². The maximum absolute atomic E-state index is 12.9. The first-order valence-corrected chi connectivity index (χ1v) is 11.2. The summed E-state index contributed by atoms with van der Waals surface area (Å²) >= 11 is 1.74. The Hall–Kier alpha value is -2.93. The van der Waals surface area contributed by atoms with Gasteiger partial charge in [0, 0.05) is 31.6 Å². The minimum atomic E-state index is 0.100. The molecule has 1 aliphatic heterocycles. The van der Waals surface area contributed by atoms with Gasteiger partial charge in [-0.05, 0) is 43.2 Å². The Morgan fingerprint density at radius 3 is 2.77 bits per heavy atom. The van der Waals surface area contributed by atoms with Crippen molar-refractivity contribution in [2.45, 2.75) is 26.7 Å². The summed E-state index contributed by atoms with van der Waals surface area (Å²) in [7, 11) is 0. The summed E-state index contributed by atoms with van der Waals surface area (Å²) in [6, 6.07) is 12.4. The SMILES string of the molecule is CCc1ccc2nc(N3CCN(C(=O)Cc4noc5ccc(C)cc45)CC3)sc2c1. The van der Waals surface area contributed by atoms with Crippen LogP contribution in [-0.2, 0) is 17.6 Å². The lowest BCUT2D eigenvalue weighted by Gasteiger charge is -2.34. The van der Waals surface area contributed by atoms with E-state index >= 15 is 0 Å². The number of thiazole rings is 1. The number of amides is 1. The number of hydrogen-bond donors (Lipinski definition) is 0. The maximum Gasteiger partial charge on any atom is 0.228 e. The van der Waals surface area contributed by atoms with Gasteiger partial charge in [0.15, 0.2) is 10.7 Å². The largest absolute Gasteiger partial charge is 0.356 e. The molecule has 4 aromatic rings. The number of piperazine rings is 1. The number of hydrogen-bond acceptors (Lipinski definition) is 6. The first kappa shape index (κ1) is 19.1. The van der Waals surface area contributed by atoms with Gasteiger partial charge in [0.1, 0.15) is 5.69 Å². The fraction of sp³-hybridized carbons (Fsp3) is 0.348. The molecule has 154 valence electrons. The van der Waals surface area contributed by atoms with Gasteiger partial charge < -0.3 is 14.3 Å². The second kappa shape index (κ2) is 7.72. The molecule has 0 bridgehead atoms. The molecule has 1 fully saturated rings. The van der Waals surface area contributed by atoms with Crippen LogP contribution in [0.2, 0.25) is 0 Å². The summed E-state index contributed by atoms with van der Waals surface area (Å²) in [5.41, 5.74) is 4.98. The maximum atomic E-state index is 12.9. The molecule has 7 heteroatoms. The van der Waals surface area contributed by atoms with Crippen molar-refractivity contribution >= 4 is 43.6 Å². The van der Waals surface area contributed by atoms with E-state index in [0.717, 1.165) is 52.4 Å². The van der Waals surface area contributed by atoms with Gasteiger partial charge in [0.25, 0.3) is 0 Å². The van der Waals surface area contributed by atoms with Crippen molar-refractivity contribution in [1.82, 2.24) is 15.0 Å². The highest BCUT2D eigenvalue weighted by Crippen LogP contribution is 2.30. The van der Waals surface area contributed by atoms with Crippen LogP contribution < -0.4 is 4.90 Å². The molecule has 2 aromatic heterocycles. The second-order valence-electron chi connectivity index (χ2n) is 7.83. The molecule has 5 rings (SSSR count). The molecule has 30 heavy (non-hydrogen) atoms. The lowest BCUT2D eigenvalue weighted by atomic mass is 10.1. The number of aromatic nitrogens is 2. The average molecular weight is 421 g/mol. The molecule has 3 heterocycles. The predicted octanol–water partition coefficient (Wildman–Crippen LogP) is 4.20. The molecule has 1 saturated heterocycles. The fourth-order valence-electron chi connectivity index (χ4n) is 3.94. The molecule has 0 saturated carbocycles. The number of aryl methyl sites for hydroxylation is 2. The Morgan fingerprint density at radius 1 is 1.13 bits per heavy atom. The number of benzene rings is 2. The average Bonchev–Trinajstić information content (AvgIpc) is 3.37. The van der Waals surface area contributed by atoms with Crippen molar-refractivity contribution in [2.24, 2.45) is 0 Å². The van der Waals surface area contributed by atoms with Crippen LogP contribution in [0.15, 0.2) is 40.9 Å². The summed E-state index contributed by atoms with van der Waals surface area (Å²) in [5.74, 6) is 0.100. The van der Waals surface area contributed by atoms with E-state index in [1.807, 2.05) is 30.0 Å². The molecule has 0 aliphatic carbocycles. The van der Waals surface area contributed by atoms with E-state index in [1.54, 1.807) is 11.3 Å². The number of fused-ring (bicyclic) bond motifs is 2. The van der Waals surface area contributed by atoms with Crippen LogP contribution in [0.4, 0.5) is 5.13 Å². The van der Waals surface area contributed by atoms with Crippen molar-refractivity contribution in [3.8, 4) is 0 Å². The third-order valence-electron chi connectivity index (χ3n) is 5.77. The molecule has 1 amide bonds. The lowest BCUT2D eigenvalue weighted by molar-refractivity contribution is -0.130. The summed E-state index contributed by atoms with van der Waals surface area (Å²) in [5, 5.41) is 6.11. The van der Waals surface area contributed by atoms with Crippen molar-refractivity contribution in [1.29, 1.82) is 0 Å². The summed E-state index contributed by atoms with van der Waals surface area (Å²) in [6.07, 6.45) is 1.31. The van der Waals surface area contributed by atoms with Crippen LogP contribution in [-0.4, -0.2) is 47.1 Å². The quantitative estimate of drug-likeness (QED) is 0.495. The number of nitrogens with zero attached hydrogens (tertiary/aromatic N) is 4. The first-order valence-electron chi connectivity index (χ1n) is 10.4. The molecule has 0 spiro atoms. The molecule has 0 N–H and O–H groups in total. The predicted molar refractivity (Wildman–Crippen MR) is 120 cm³/mol. The highest BCUT2D eigenvalue weighted by Gasteiger charge is 2.24. The molecular formula is C23H24N4O2S. The van der Waals surface area contributed by atoms with Crippen LogP contribution in [0.3, 0.4) is 0 Å². The topological polar surface area (TPSA) is 62.5 Å². The molecule has 0 atom stereocenters. The number of rotatable bonds is 4. The highest BCUT2D eigenvalue weighted by atomic mass is 32.1. The van der Waals surface area contributed by atoms with E-state index in [1.165, 1.54) is 10.3 Å². The third kappa shape index (κ3) is 3.54. The summed E-state index contributed by atoms with van der Waals surface area (Å²) < 4.78 is 6.61. The van der Waals surface area contributed by atoms with Gasteiger partial charge in [-0.15, -0.1) is 0 Å². The van der Waals surface area contributed by atoms with E-state index in [4.69, 9.17) is 9.51 Å². The molecule has 1 aliphatic rings. The normalized spacial score (nSPS) is 14.7. The summed E-state index contributed by atoms with van der Waals surface area (Å²) in [4.78, 5) is 21.9. The third-order valence-corrected chi connectivity index (χ3v) is 6.85. The van der Waals surface area contributed by atoms with Crippen molar-refractivity contribution in [2.75, 3.05) is 31.1 Å². The lowest BCUT2D eigenvalue weighted by Crippen LogP contribution is -2.49. The van der Waals surface area contributed by atoms with Crippen LogP contribution >= 0.6 is 11.3 Å². The van der Waals surface area contributed by atoms with Crippen molar-refractivity contribution in [3.63, 3.8) is 0 Å². The minimum absolute atomic E-state index is 0.100. The zero-order valence-electron chi connectivity index (χ0n) is 17.2. The standard InChI is InChI=1S/C23H24N4O2S/c1-3-16-5-6-18-21(13-16)30-23(24-18)27-10-8-26(9-11-27)22(28)14-19-17-12-15(2)4-7-20(17)29-25-19/h4-7,12-13H,3,8-11,14H2,1-2H3. The molecule has 2 aromatic carbocycles. The number of anilines is 1. The van der Waals surface area contributed by atoms with Crippen LogP contribution in [0.25, 0.3) is 21.2 Å². The van der Waals surface area contributed by atoms with Gasteiger partial charge >= 0.3 is 0 Å².